The molecule has 92 heavy (non-hydrogen) atoms. The summed E-state index contributed by atoms with van der Waals surface area (Å²) in [7, 11) is 0. The van der Waals surface area contributed by atoms with Crippen LogP contribution in [0.25, 0.3) is 115 Å². The topological polar surface area (TPSA) is 37.2 Å². The first kappa shape index (κ1) is 52.8. The summed E-state index contributed by atoms with van der Waals surface area (Å²) in [5, 5.41) is 9.51. The van der Waals surface area contributed by atoms with Crippen LogP contribution in [-0.2, 0) is 16.2 Å². The highest BCUT2D eigenvalue weighted by atomic mass is 16.3. The Morgan fingerprint density at radius 2 is 0.761 bits per heavy atom. The second kappa shape index (κ2) is 19.0. The average molecular weight is 1180 g/mol. The van der Waals surface area contributed by atoms with Crippen molar-refractivity contribution in [3.8, 4) is 33.4 Å². The Balaban J connectivity index is 0.839. The molecule has 0 radical (unpaired) electrons. The van der Waals surface area contributed by atoms with Gasteiger partial charge in [0.15, 0.2) is 0 Å². The van der Waals surface area contributed by atoms with Gasteiger partial charge in [-0.05, 0) is 181 Å². The van der Waals surface area contributed by atoms with Gasteiger partial charge in [-0.15, -0.1) is 0 Å². The van der Waals surface area contributed by atoms with Crippen molar-refractivity contribution in [2.24, 2.45) is 0 Å². The molecular weight excluding hydrogens is 1120 g/mol. The number of hydrogen-bond acceptors (Lipinski definition) is 4. The van der Waals surface area contributed by atoms with Gasteiger partial charge >= 0.3 is 0 Å². The normalized spacial score (nSPS) is 14.5. The minimum absolute atomic E-state index is 0.0420. The number of furan rings is 2. The quantitative estimate of drug-likeness (QED) is 0.159. The van der Waals surface area contributed by atoms with Gasteiger partial charge < -0.3 is 23.0 Å². The molecule has 4 heterocycles. The lowest BCUT2D eigenvalue weighted by Crippen LogP contribution is -2.26. The fourth-order valence-corrected chi connectivity index (χ4v) is 16.1. The zero-order valence-electron chi connectivity index (χ0n) is 52.1. The minimum Gasteiger partial charge on any atom is -0.456 e. The molecule has 0 saturated heterocycles. The Labute approximate surface area is 533 Å². The maximum absolute atomic E-state index is 6.48. The second-order valence-corrected chi connectivity index (χ2v) is 27.6. The number of fused-ring (bicyclic) bond motifs is 23. The van der Waals surface area contributed by atoms with Gasteiger partial charge in [0, 0.05) is 82.8 Å². The monoisotopic (exact) mass is 1180 g/mol. The Morgan fingerprint density at radius 1 is 0.293 bits per heavy atom. The SMILES string of the molecule is CC(C)(C)c1cccc(N(c2ccc(-c3ccc4c(c3)C3(c5cc(N(c6cccc(C(C)(C)C)c6)c6ccc7oc8ccccc8c7c6)ccc5-4)c4ccccc4-c4c3ccc3c5cccc6c7ccccc7n(c43)c65)cc2)c2ccc3oc4ccccc4c3c2)c1. The summed E-state index contributed by atoms with van der Waals surface area (Å²) in [4.78, 5) is 4.87. The van der Waals surface area contributed by atoms with Crippen molar-refractivity contribution < 1.29 is 8.83 Å². The molecule has 1 unspecified atom stereocenters. The highest BCUT2D eigenvalue weighted by molar-refractivity contribution is 6.26. The molecule has 1 atom stereocenters. The maximum atomic E-state index is 6.48. The Hall–Kier alpha value is -11.1. The summed E-state index contributed by atoms with van der Waals surface area (Å²) in [6, 6.07) is 102. The summed E-state index contributed by atoms with van der Waals surface area (Å²) in [6.45, 7) is 13.8. The molecule has 5 nitrogen and oxygen atoms in total. The predicted octanol–water partition coefficient (Wildman–Crippen LogP) is 24.2. The van der Waals surface area contributed by atoms with Gasteiger partial charge in [0.2, 0.25) is 0 Å². The van der Waals surface area contributed by atoms with Gasteiger partial charge in [-0.3, -0.25) is 0 Å². The van der Waals surface area contributed by atoms with Crippen molar-refractivity contribution in [1.82, 2.24) is 4.40 Å². The molecule has 4 aromatic heterocycles. The largest absolute Gasteiger partial charge is 0.456 e. The van der Waals surface area contributed by atoms with Crippen LogP contribution in [0.4, 0.5) is 34.1 Å². The molecule has 19 rings (SSSR count). The third kappa shape index (κ3) is 7.42. The lowest BCUT2D eigenvalue weighted by atomic mass is 9.70. The molecule has 0 amide bonds. The molecular formula is C87H63N3O2. The van der Waals surface area contributed by atoms with Gasteiger partial charge in [-0.2, -0.15) is 0 Å². The molecule has 0 bridgehead atoms. The van der Waals surface area contributed by atoms with Crippen molar-refractivity contribution in [1.29, 1.82) is 0 Å². The van der Waals surface area contributed by atoms with Crippen LogP contribution in [0.5, 0.6) is 0 Å². The van der Waals surface area contributed by atoms with E-state index in [4.69, 9.17) is 8.83 Å². The molecule has 0 aliphatic heterocycles. The minimum atomic E-state index is -0.719. The average Bonchev–Trinajstić information content (AvgIpc) is 1.49. The highest BCUT2D eigenvalue weighted by Gasteiger charge is 2.53. The van der Waals surface area contributed by atoms with Gasteiger partial charge in [0.1, 0.15) is 22.3 Å². The van der Waals surface area contributed by atoms with Gasteiger partial charge in [-0.1, -0.05) is 205 Å². The summed E-state index contributed by atoms with van der Waals surface area (Å²) < 4.78 is 15.4. The van der Waals surface area contributed by atoms with Gasteiger partial charge in [0.05, 0.1) is 22.0 Å². The molecule has 2 aliphatic carbocycles. The Bertz CT molecular complexity index is 5940. The molecule has 5 heteroatoms. The molecule has 438 valence electrons. The van der Waals surface area contributed by atoms with Crippen LogP contribution in [0.2, 0.25) is 0 Å². The van der Waals surface area contributed by atoms with E-state index in [-0.39, 0.29) is 10.8 Å². The van der Waals surface area contributed by atoms with Crippen molar-refractivity contribution in [2.45, 2.75) is 57.8 Å². The third-order valence-corrected chi connectivity index (χ3v) is 20.4. The van der Waals surface area contributed by atoms with Crippen LogP contribution in [0.1, 0.15) is 74.9 Å². The smallest absolute Gasteiger partial charge is 0.135 e. The van der Waals surface area contributed by atoms with E-state index in [1.807, 2.05) is 6.07 Å². The Kier molecular flexibility index (Phi) is 10.9. The number of aromatic nitrogens is 1. The molecule has 0 N–H and O–H groups in total. The van der Waals surface area contributed by atoms with E-state index in [0.29, 0.717) is 0 Å². The first-order valence-electron chi connectivity index (χ1n) is 32.2. The van der Waals surface area contributed by atoms with Crippen LogP contribution in [0.15, 0.2) is 282 Å². The summed E-state index contributed by atoms with van der Waals surface area (Å²) in [5.41, 5.74) is 28.0. The van der Waals surface area contributed by atoms with Gasteiger partial charge in [-0.25, -0.2) is 0 Å². The fourth-order valence-electron chi connectivity index (χ4n) is 16.1. The Morgan fingerprint density at radius 3 is 1.41 bits per heavy atom. The fraction of sp³-hybridized carbons (Fsp3) is 0.103. The lowest BCUT2D eigenvalue weighted by Gasteiger charge is -2.33. The van der Waals surface area contributed by atoms with Crippen molar-refractivity contribution >= 4 is 116 Å². The van der Waals surface area contributed by atoms with Crippen molar-refractivity contribution in [2.75, 3.05) is 9.80 Å². The zero-order chi connectivity index (χ0) is 61.5. The first-order valence-corrected chi connectivity index (χ1v) is 32.2. The summed E-state index contributed by atoms with van der Waals surface area (Å²) >= 11 is 0. The van der Waals surface area contributed by atoms with E-state index < -0.39 is 5.41 Å². The van der Waals surface area contributed by atoms with Crippen LogP contribution >= 0.6 is 0 Å². The van der Waals surface area contributed by atoms with E-state index >= 15 is 0 Å². The molecule has 1 spiro atoms. The molecule has 0 saturated carbocycles. The number of rotatable bonds is 7. The molecule has 17 aromatic rings. The number of hydrogen-bond donors (Lipinski definition) is 0. The second-order valence-electron chi connectivity index (χ2n) is 27.6. The van der Waals surface area contributed by atoms with E-state index in [2.05, 4.69) is 323 Å². The third-order valence-electron chi connectivity index (χ3n) is 20.4. The van der Waals surface area contributed by atoms with Crippen molar-refractivity contribution in [3.63, 3.8) is 0 Å². The van der Waals surface area contributed by atoms with Gasteiger partial charge in [0.25, 0.3) is 0 Å². The number of benzene rings is 13. The van der Waals surface area contributed by atoms with Crippen LogP contribution in [0.3, 0.4) is 0 Å². The lowest BCUT2D eigenvalue weighted by molar-refractivity contribution is 0.590. The molecule has 2 aliphatic rings. The zero-order valence-corrected chi connectivity index (χ0v) is 52.1. The van der Waals surface area contributed by atoms with E-state index in [1.54, 1.807) is 0 Å². The van der Waals surface area contributed by atoms with Crippen molar-refractivity contribution in [3.05, 3.63) is 306 Å². The molecule has 0 fully saturated rings. The number of para-hydroxylation sites is 4. The summed E-state index contributed by atoms with van der Waals surface area (Å²) in [6.07, 6.45) is 0. The standard InChI is InChI=1S/C87H63N3O2/c1-85(2,3)54-18-15-20-57(47-54)88(59-38-44-80-71(49-59)65-23-9-13-30-78(65)91-80)56-35-32-52(33-36-56)53-34-40-62-63-41-37-61(89(58-21-16-19-55(48-58)86(4,5)6)60-39-45-81-72(50-60)66-24-10-14-31-79(66)92-81)51-76(63)87(75(62)46-53)73-28-11-7-25-70(73)82-74(87)43-42-69-68-27-17-26-67-64-22-8-12-29-77(64)90(83(67)68)84(69)82/h7-51H,1-6H3. The summed E-state index contributed by atoms with van der Waals surface area (Å²) in [5.74, 6) is 0. The number of anilines is 6. The van der Waals surface area contributed by atoms with Crippen LogP contribution in [0, 0.1) is 0 Å². The van der Waals surface area contributed by atoms with E-state index in [1.165, 1.54) is 93.7 Å². The number of nitrogens with zero attached hydrogens (tertiary/aromatic N) is 3. The van der Waals surface area contributed by atoms with E-state index in [0.717, 1.165) is 89.1 Å². The van der Waals surface area contributed by atoms with Crippen LogP contribution < -0.4 is 9.80 Å². The maximum Gasteiger partial charge on any atom is 0.135 e. The highest BCUT2D eigenvalue weighted by Crippen LogP contribution is 2.65. The predicted molar refractivity (Wildman–Crippen MR) is 384 cm³/mol. The first-order chi connectivity index (χ1) is 44.9. The molecule has 13 aromatic carbocycles. The van der Waals surface area contributed by atoms with Crippen LogP contribution in [-0.4, -0.2) is 4.40 Å². The van der Waals surface area contributed by atoms with E-state index in [9.17, 15) is 0 Å².